The first-order valence-electron chi connectivity index (χ1n) is 11.1. The minimum absolute atomic E-state index is 0.0846. The normalized spacial score (nSPS) is 15.9. The summed E-state index contributed by atoms with van der Waals surface area (Å²) in [6.45, 7) is 1.56. The molecule has 1 aliphatic heterocycles. The summed E-state index contributed by atoms with van der Waals surface area (Å²) >= 11 is 0. The molecule has 6 nitrogen and oxygen atoms in total. The molecule has 1 fully saturated rings. The van der Waals surface area contributed by atoms with Crippen molar-refractivity contribution in [2.45, 2.75) is 12.8 Å². The van der Waals surface area contributed by atoms with Crippen LogP contribution in [0.3, 0.4) is 0 Å². The lowest BCUT2D eigenvalue weighted by atomic mass is 9.95. The summed E-state index contributed by atoms with van der Waals surface area (Å²) in [6.07, 6.45) is 1.37. The van der Waals surface area contributed by atoms with Gasteiger partial charge in [-0.15, -0.1) is 0 Å². The van der Waals surface area contributed by atoms with Crippen LogP contribution in [0.1, 0.15) is 23.2 Å². The number of carbonyl (C=O) groups is 2. The quantitative estimate of drug-likeness (QED) is 0.539. The van der Waals surface area contributed by atoms with E-state index in [1.54, 1.807) is 12.0 Å². The lowest BCUT2D eigenvalue weighted by Gasteiger charge is -2.32. The van der Waals surface area contributed by atoms with Crippen molar-refractivity contribution >= 4 is 28.3 Å². The van der Waals surface area contributed by atoms with Crippen LogP contribution in [0.25, 0.3) is 10.8 Å². The maximum atomic E-state index is 13.8. The maximum absolute atomic E-state index is 13.8. The highest BCUT2D eigenvalue weighted by Crippen LogP contribution is 2.28. The van der Waals surface area contributed by atoms with Gasteiger partial charge >= 0.3 is 0 Å². The Labute approximate surface area is 192 Å². The molecule has 2 amide bonds. The molecule has 1 saturated heterocycles. The van der Waals surface area contributed by atoms with Crippen LogP contribution >= 0.6 is 0 Å². The zero-order chi connectivity index (χ0) is 23.2. The number of likely N-dealkylation sites (tertiary alicyclic amines) is 1. The minimum Gasteiger partial charge on any atom is -0.489 e. The van der Waals surface area contributed by atoms with Gasteiger partial charge in [0, 0.05) is 31.8 Å². The van der Waals surface area contributed by atoms with Crippen molar-refractivity contribution in [2.75, 3.05) is 38.7 Å². The summed E-state index contributed by atoms with van der Waals surface area (Å²) in [5, 5.41) is 4.69. The number of ether oxygens (including phenoxy) is 2. The van der Waals surface area contributed by atoms with Gasteiger partial charge in [-0.2, -0.15) is 0 Å². The van der Waals surface area contributed by atoms with Gasteiger partial charge in [-0.05, 0) is 41.8 Å². The van der Waals surface area contributed by atoms with Crippen molar-refractivity contribution in [3.8, 4) is 5.75 Å². The predicted octanol–water partition coefficient (Wildman–Crippen LogP) is 4.50. The van der Waals surface area contributed by atoms with E-state index in [1.165, 1.54) is 18.2 Å². The zero-order valence-electron chi connectivity index (χ0n) is 18.6. The van der Waals surface area contributed by atoms with E-state index in [2.05, 4.69) is 5.32 Å². The van der Waals surface area contributed by atoms with Gasteiger partial charge in [0.25, 0.3) is 5.91 Å². The van der Waals surface area contributed by atoms with Gasteiger partial charge in [-0.25, -0.2) is 4.39 Å². The van der Waals surface area contributed by atoms with Crippen molar-refractivity contribution in [2.24, 2.45) is 5.92 Å². The molecule has 0 bridgehead atoms. The third-order valence-electron chi connectivity index (χ3n) is 5.84. The molecule has 1 N–H and O–H groups in total. The number of amides is 2. The van der Waals surface area contributed by atoms with E-state index in [4.69, 9.17) is 9.47 Å². The zero-order valence-corrected chi connectivity index (χ0v) is 18.6. The molecular formula is C26H27FN2O4. The molecule has 1 atom stereocenters. The van der Waals surface area contributed by atoms with Crippen molar-refractivity contribution in [3.05, 3.63) is 72.0 Å². The molecule has 3 aromatic carbocycles. The standard InChI is InChI=1S/C26H27FN2O4/c1-32-14-15-33-24-12-11-20(27)16-23(24)28-25(30)19-8-5-13-29(17-19)26(31)22-10-4-7-18-6-2-3-9-21(18)22/h2-4,6-7,9-12,16,19H,5,8,13-15,17H2,1H3,(H,28,30). The summed E-state index contributed by atoms with van der Waals surface area (Å²) in [7, 11) is 1.56. The topological polar surface area (TPSA) is 67.9 Å². The van der Waals surface area contributed by atoms with E-state index in [1.807, 2.05) is 42.5 Å². The van der Waals surface area contributed by atoms with Crippen LogP contribution in [-0.4, -0.2) is 50.1 Å². The Bertz CT molecular complexity index is 1140. The highest BCUT2D eigenvalue weighted by molar-refractivity contribution is 6.07. The Morgan fingerprint density at radius 3 is 2.76 bits per heavy atom. The van der Waals surface area contributed by atoms with E-state index in [0.717, 1.165) is 17.2 Å². The molecule has 0 saturated carbocycles. The smallest absolute Gasteiger partial charge is 0.254 e. The van der Waals surface area contributed by atoms with Crippen molar-refractivity contribution in [1.82, 2.24) is 4.90 Å². The summed E-state index contributed by atoms with van der Waals surface area (Å²) in [6, 6.07) is 17.4. The largest absolute Gasteiger partial charge is 0.489 e. The lowest BCUT2D eigenvalue weighted by Crippen LogP contribution is -2.43. The maximum Gasteiger partial charge on any atom is 0.254 e. The Kier molecular flexibility index (Phi) is 7.19. The van der Waals surface area contributed by atoms with Crippen LogP contribution in [-0.2, 0) is 9.53 Å². The van der Waals surface area contributed by atoms with Gasteiger partial charge in [0.1, 0.15) is 18.2 Å². The Balaban J connectivity index is 1.47. The minimum atomic E-state index is -0.471. The number of anilines is 1. The molecule has 1 unspecified atom stereocenters. The van der Waals surface area contributed by atoms with Crippen molar-refractivity contribution < 1.29 is 23.5 Å². The number of rotatable bonds is 7. The predicted molar refractivity (Wildman–Crippen MR) is 125 cm³/mol. The van der Waals surface area contributed by atoms with Crippen LogP contribution < -0.4 is 10.1 Å². The average Bonchev–Trinajstić information content (AvgIpc) is 2.84. The Morgan fingerprint density at radius 2 is 1.91 bits per heavy atom. The Morgan fingerprint density at radius 1 is 1.09 bits per heavy atom. The number of carbonyl (C=O) groups excluding carboxylic acids is 2. The van der Waals surface area contributed by atoms with Crippen molar-refractivity contribution in [3.63, 3.8) is 0 Å². The second-order valence-electron chi connectivity index (χ2n) is 8.09. The van der Waals surface area contributed by atoms with E-state index >= 15 is 0 Å². The van der Waals surface area contributed by atoms with Crippen LogP contribution in [0.4, 0.5) is 10.1 Å². The SMILES string of the molecule is COCCOc1ccc(F)cc1NC(=O)C1CCCN(C(=O)c2cccc3ccccc23)C1. The third kappa shape index (κ3) is 5.31. The fourth-order valence-electron chi connectivity index (χ4n) is 4.15. The first kappa shape index (κ1) is 22.7. The average molecular weight is 451 g/mol. The van der Waals surface area contributed by atoms with Gasteiger partial charge in [0.2, 0.25) is 5.91 Å². The molecule has 0 spiro atoms. The molecular weight excluding hydrogens is 423 g/mol. The number of hydrogen-bond donors (Lipinski definition) is 1. The van der Waals surface area contributed by atoms with E-state index < -0.39 is 11.7 Å². The monoisotopic (exact) mass is 450 g/mol. The fourth-order valence-corrected chi connectivity index (χ4v) is 4.15. The van der Waals surface area contributed by atoms with Gasteiger partial charge < -0.3 is 19.7 Å². The van der Waals surface area contributed by atoms with E-state index in [9.17, 15) is 14.0 Å². The molecule has 172 valence electrons. The summed E-state index contributed by atoms with van der Waals surface area (Å²) < 4.78 is 24.4. The molecule has 0 aliphatic carbocycles. The number of methoxy groups -OCH3 is 1. The lowest BCUT2D eigenvalue weighted by molar-refractivity contribution is -0.121. The number of hydrogen-bond acceptors (Lipinski definition) is 4. The number of fused-ring (bicyclic) bond motifs is 1. The second-order valence-corrected chi connectivity index (χ2v) is 8.09. The van der Waals surface area contributed by atoms with Crippen LogP contribution in [0.5, 0.6) is 5.75 Å². The fraction of sp³-hybridized carbons (Fsp3) is 0.308. The molecule has 1 aliphatic rings. The molecule has 7 heteroatoms. The number of piperidine rings is 1. The van der Waals surface area contributed by atoms with E-state index in [-0.39, 0.29) is 24.1 Å². The van der Waals surface area contributed by atoms with Crippen LogP contribution in [0, 0.1) is 11.7 Å². The van der Waals surface area contributed by atoms with Gasteiger partial charge in [0.05, 0.1) is 18.2 Å². The summed E-state index contributed by atoms with van der Waals surface area (Å²) in [5.74, 6) is -0.832. The first-order chi connectivity index (χ1) is 16.1. The molecule has 3 aromatic rings. The van der Waals surface area contributed by atoms with Crippen LogP contribution in [0.15, 0.2) is 60.7 Å². The second kappa shape index (κ2) is 10.4. The summed E-state index contributed by atoms with van der Waals surface area (Å²) in [4.78, 5) is 28.1. The van der Waals surface area contributed by atoms with Crippen molar-refractivity contribution in [1.29, 1.82) is 0 Å². The molecule has 4 rings (SSSR count). The number of halogens is 1. The van der Waals surface area contributed by atoms with Gasteiger partial charge in [-0.3, -0.25) is 9.59 Å². The first-order valence-corrected chi connectivity index (χ1v) is 11.1. The van der Waals surface area contributed by atoms with Gasteiger partial charge in [0.15, 0.2) is 0 Å². The third-order valence-corrected chi connectivity index (χ3v) is 5.84. The highest BCUT2D eigenvalue weighted by atomic mass is 19.1. The molecule has 33 heavy (non-hydrogen) atoms. The van der Waals surface area contributed by atoms with E-state index in [0.29, 0.717) is 37.4 Å². The number of nitrogens with zero attached hydrogens (tertiary/aromatic N) is 1. The molecule has 0 aromatic heterocycles. The summed E-state index contributed by atoms with van der Waals surface area (Å²) in [5.41, 5.74) is 0.904. The van der Waals surface area contributed by atoms with Gasteiger partial charge in [-0.1, -0.05) is 36.4 Å². The number of nitrogens with one attached hydrogen (secondary N) is 1. The molecule has 0 radical (unpaired) electrons. The Hall–Kier alpha value is -3.45. The molecule has 1 heterocycles. The number of benzene rings is 3. The highest BCUT2D eigenvalue weighted by Gasteiger charge is 2.30. The van der Waals surface area contributed by atoms with Crippen LogP contribution in [0.2, 0.25) is 0 Å².